The number of aliphatic imine (C=N–C) groups is 1. The summed E-state index contributed by atoms with van der Waals surface area (Å²) in [5.74, 6) is 0.0531. The number of carbonyl (C=O) groups excluding carboxylic acids is 1. The van der Waals surface area contributed by atoms with Crippen LogP contribution in [0.5, 0.6) is 0 Å². The van der Waals surface area contributed by atoms with Gasteiger partial charge in [0.05, 0.1) is 22.8 Å². The van der Waals surface area contributed by atoms with Crippen molar-refractivity contribution in [2.45, 2.75) is 47.2 Å². The monoisotopic (exact) mass is 437 g/mol. The number of aromatic nitrogens is 2. The number of benzene rings is 2. The van der Waals surface area contributed by atoms with Crippen molar-refractivity contribution in [2.24, 2.45) is 4.99 Å². The molecule has 6 nitrogen and oxygen atoms in total. The zero-order chi connectivity index (χ0) is 22.4. The number of nitrogens with zero attached hydrogens (tertiary/aromatic N) is 3. The van der Waals surface area contributed by atoms with Gasteiger partial charge in [-0.05, 0) is 51.0 Å². The quantitative estimate of drug-likeness (QED) is 0.414. The van der Waals surface area contributed by atoms with E-state index in [9.17, 15) is 4.79 Å². The molecule has 162 valence electrons. The molecule has 0 saturated heterocycles. The molecule has 31 heavy (non-hydrogen) atoms. The number of nitrogens with one attached hydrogen (secondary N) is 2. The molecule has 0 aliphatic rings. The van der Waals surface area contributed by atoms with E-state index >= 15 is 0 Å². The zero-order valence-electron chi connectivity index (χ0n) is 18.4. The Morgan fingerprint density at radius 2 is 1.81 bits per heavy atom. The van der Waals surface area contributed by atoms with E-state index in [1.807, 2.05) is 36.7 Å². The van der Waals surface area contributed by atoms with Crippen molar-refractivity contribution in [1.82, 2.24) is 15.1 Å². The van der Waals surface area contributed by atoms with Crippen LogP contribution in [0.1, 0.15) is 46.7 Å². The van der Waals surface area contributed by atoms with E-state index in [0.29, 0.717) is 23.1 Å². The van der Waals surface area contributed by atoms with E-state index < -0.39 is 0 Å². The summed E-state index contributed by atoms with van der Waals surface area (Å²) in [6.45, 7) is 9.37. The van der Waals surface area contributed by atoms with Gasteiger partial charge in [0.15, 0.2) is 0 Å². The maximum Gasteiger partial charge on any atom is 0.259 e. The first-order valence-electron chi connectivity index (χ1n) is 10.4. The Balaban J connectivity index is 1.92. The Bertz CT molecular complexity index is 1100. The molecule has 1 amide bonds. The zero-order valence-corrected chi connectivity index (χ0v) is 19.1. The molecule has 1 heterocycles. The summed E-state index contributed by atoms with van der Waals surface area (Å²) in [5, 5.41) is 11.1. The Morgan fingerprint density at radius 1 is 1.10 bits per heavy atom. The van der Waals surface area contributed by atoms with E-state index in [4.69, 9.17) is 16.6 Å². The van der Waals surface area contributed by atoms with Crippen LogP contribution in [0.25, 0.3) is 0 Å². The lowest BCUT2D eigenvalue weighted by Gasteiger charge is -2.15. The Morgan fingerprint density at radius 3 is 2.48 bits per heavy atom. The van der Waals surface area contributed by atoms with Gasteiger partial charge < -0.3 is 5.32 Å². The van der Waals surface area contributed by atoms with Gasteiger partial charge in [-0.3, -0.25) is 14.8 Å². The molecule has 0 atom stereocenters. The first-order valence-corrected chi connectivity index (χ1v) is 10.8. The highest BCUT2D eigenvalue weighted by atomic mass is 35.5. The summed E-state index contributed by atoms with van der Waals surface area (Å²) in [6, 6.07) is 14.9. The molecule has 3 rings (SSSR count). The largest absolute Gasteiger partial charge is 0.326 e. The minimum absolute atomic E-state index is 0.316. The summed E-state index contributed by atoms with van der Waals surface area (Å²) in [6.07, 6.45) is 0.858. The number of guanidine groups is 1. The summed E-state index contributed by atoms with van der Waals surface area (Å²) >= 11 is 6.21. The van der Waals surface area contributed by atoms with E-state index in [0.717, 1.165) is 41.2 Å². The average Bonchev–Trinajstić information content (AvgIpc) is 3.05. The number of para-hydroxylation sites is 1. The van der Waals surface area contributed by atoms with E-state index in [-0.39, 0.29) is 5.91 Å². The highest BCUT2D eigenvalue weighted by Crippen LogP contribution is 2.18. The normalized spacial score (nSPS) is 11.5. The Hall–Kier alpha value is -3.12. The van der Waals surface area contributed by atoms with Gasteiger partial charge in [0, 0.05) is 23.5 Å². The van der Waals surface area contributed by atoms with Crippen molar-refractivity contribution in [3.8, 4) is 0 Å². The molecule has 0 aliphatic heterocycles. The standard InChI is InChI=1S/C24H28ClN5O/c1-5-18-11-7-10-14-22(18)27-24(28-23(31)19-12-8-9-13-21(19)25)26-15-20-16(3)29-30(6-2)17(20)4/h7-14H,5-6,15H2,1-4H3,(H2,26,27,28,31). The molecule has 0 saturated carbocycles. The first-order chi connectivity index (χ1) is 14.9. The van der Waals surface area contributed by atoms with E-state index in [2.05, 4.69) is 35.6 Å². The second-order valence-corrected chi connectivity index (χ2v) is 7.61. The van der Waals surface area contributed by atoms with Crippen LogP contribution in [-0.4, -0.2) is 21.6 Å². The average molecular weight is 438 g/mol. The van der Waals surface area contributed by atoms with Crippen LogP contribution in [0.3, 0.4) is 0 Å². The third-order valence-corrected chi connectivity index (χ3v) is 5.56. The lowest BCUT2D eigenvalue weighted by molar-refractivity contribution is 0.0977. The molecule has 0 bridgehead atoms. The van der Waals surface area contributed by atoms with Gasteiger partial charge in [-0.1, -0.05) is 48.9 Å². The minimum atomic E-state index is -0.316. The molecule has 0 fully saturated rings. The highest BCUT2D eigenvalue weighted by Gasteiger charge is 2.15. The second-order valence-electron chi connectivity index (χ2n) is 7.20. The number of halogens is 1. The molecule has 0 radical (unpaired) electrons. The van der Waals surface area contributed by atoms with Crippen LogP contribution < -0.4 is 10.6 Å². The number of hydrogen-bond acceptors (Lipinski definition) is 3. The number of aryl methyl sites for hydroxylation is 3. The molecule has 0 aliphatic carbocycles. The molecule has 3 aromatic rings. The van der Waals surface area contributed by atoms with Gasteiger partial charge in [0.25, 0.3) is 5.91 Å². The fourth-order valence-corrected chi connectivity index (χ4v) is 3.66. The Kier molecular flexibility index (Phi) is 7.47. The SMILES string of the molecule is CCc1ccccc1NC(=NCc1c(C)nn(CC)c1C)NC(=O)c1ccccc1Cl. The van der Waals surface area contributed by atoms with Crippen LogP contribution in [0.15, 0.2) is 53.5 Å². The van der Waals surface area contributed by atoms with Gasteiger partial charge in [-0.25, -0.2) is 4.99 Å². The van der Waals surface area contributed by atoms with Crippen molar-refractivity contribution < 1.29 is 4.79 Å². The lowest BCUT2D eigenvalue weighted by Crippen LogP contribution is -2.36. The molecular formula is C24H28ClN5O. The van der Waals surface area contributed by atoms with Crippen LogP contribution >= 0.6 is 11.6 Å². The van der Waals surface area contributed by atoms with Crippen LogP contribution in [0.4, 0.5) is 5.69 Å². The number of carbonyl (C=O) groups is 1. The molecule has 1 aromatic heterocycles. The van der Waals surface area contributed by atoms with Crippen molar-refractivity contribution in [1.29, 1.82) is 0 Å². The van der Waals surface area contributed by atoms with Crippen LogP contribution in [-0.2, 0) is 19.5 Å². The Labute approximate surface area is 188 Å². The van der Waals surface area contributed by atoms with E-state index in [1.54, 1.807) is 24.3 Å². The fourth-order valence-electron chi connectivity index (χ4n) is 3.44. The van der Waals surface area contributed by atoms with Gasteiger partial charge in [-0.15, -0.1) is 0 Å². The maximum absolute atomic E-state index is 12.9. The number of hydrogen-bond donors (Lipinski definition) is 2. The predicted octanol–water partition coefficient (Wildman–Crippen LogP) is 5.13. The minimum Gasteiger partial charge on any atom is -0.326 e. The summed E-state index contributed by atoms with van der Waals surface area (Å²) in [7, 11) is 0. The number of amides is 1. The summed E-state index contributed by atoms with van der Waals surface area (Å²) < 4.78 is 1.96. The number of rotatable bonds is 6. The van der Waals surface area contributed by atoms with Gasteiger partial charge in [-0.2, -0.15) is 5.10 Å². The van der Waals surface area contributed by atoms with Gasteiger partial charge in [0.2, 0.25) is 5.96 Å². The lowest BCUT2D eigenvalue weighted by atomic mass is 10.1. The summed E-state index contributed by atoms with van der Waals surface area (Å²) in [5.41, 5.74) is 5.50. The van der Waals surface area contributed by atoms with Crippen molar-refractivity contribution in [2.75, 3.05) is 5.32 Å². The predicted molar refractivity (Wildman–Crippen MR) is 127 cm³/mol. The van der Waals surface area contributed by atoms with Gasteiger partial charge >= 0.3 is 0 Å². The fraction of sp³-hybridized carbons (Fsp3) is 0.292. The van der Waals surface area contributed by atoms with Crippen LogP contribution in [0, 0.1) is 13.8 Å². The van der Waals surface area contributed by atoms with Crippen molar-refractivity contribution in [3.05, 3.63) is 81.6 Å². The smallest absolute Gasteiger partial charge is 0.259 e. The highest BCUT2D eigenvalue weighted by molar-refractivity contribution is 6.34. The molecule has 7 heteroatoms. The molecular weight excluding hydrogens is 410 g/mol. The molecule has 0 spiro atoms. The van der Waals surface area contributed by atoms with Crippen molar-refractivity contribution >= 4 is 29.2 Å². The van der Waals surface area contributed by atoms with Gasteiger partial charge in [0.1, 0.15) is 0 Å². The van der Waals surface area contributed by atoms with Crippen molar-refractivity contribution in [3.63, 3.8) is 0 Å². The van der Waals surface area contributed by atoms with E-state index in [1.165, 1.54) is 0 Å². The first kappa shape index (κ1) is 22.6. The van der Waals surface area contributed by atoms with Crippen LogP contribution in [0.2, 0.25) is 5.02 Å². The molecule has 0 unspecified atom stereocenters. The molecule has 2 aromatic carbocycles. The number of anilines is 1. The third kappa shape index (κ3) is 5.33. The second kappa shape index (κ2) is 10.3. The summed E-state index contributed by atoms with van der Waals surface area (Å²) in [4.78, 5) is 17.6. The molecule has 2 N–H and O–H groups in total. The third-order valence-electron chi connectivity index (χ3n) is 5.23. The maximum atomic E-state index is 12.9. The topological polar surface area (TPSA) is 71.3 Å².